The average molecular weight is 271 g/mol. The molecule has 1 aliphatic rings. The average Bonchev–Trinajstić information content (AvgIpc) is 2.08. The zero-order chi connectivity index (χ0) is 15.1. The van der Waals surface area contributed by atoms with Gasteiger partial charge in [0.25, 0.3) is 0 Å². The molecule has 0 aromatic rings. The number of hydrogen-bond donors (Lipinski definition) is 2. The van der Waals surface area contributed by atoms with E-state index in [2.05, 4.69) is 71.2 Å². The van der Waals surface area contributed by atoms with Crippen molar-refractivity contribution < 1.29 is 0 Å². The highest BCUT2D eigenvalue weighted by Crippen LogP contribution is 2.20. The lowest BCUT2D eigenvalue weighted by molar-refractivity contribution is 0.266. The third-order valence-electron chi connectivity index (χ3n) is 2.96. The Labute approximate surface area is 121 Å². The van der Waals surface area contributed by atoms with Gasteiger partial charge in [0.2, 0.25) is 0 Å². The van der Waals surface area contributed by atoms with Crippen LogP contribution in [0.15, 0.2) is 0 Å². The molecule has 0 atom stereocenters. The van der Waals surface area contributed by atoms with Gasteiger partial charge in [-0.25, -0.2) is 0 Å². The molecule has 0 heterocycles. The highest BCUT2D eigenvalue weighted by molar-refractivity contribution is 4.83. The van der Waals surface area contributed by atoms with E-state index in [1.54, 1.807) is 0 Å². The maximum Gasteiger partial charge on any atom is 0.0101 e. The molecule has 2 N–H and O–H groups in total. The van der Waals surface area contributed by atoms with Crippen LogP contribution in [0.25, 0.3) is 0 Å². The Hall–Kier alpha value is -0.120. The molecule has 0 aromatic carbocycles. The monoisotopic (exact) mass is 271 g/mol. The summed E-state index contributed by atoms with van der Waals surface area (Å²) < 4.78 is 0. The number of likely N-dealkylation sites (N-methyl/N-ethyl adjacent to an activating group) is 1. The summed E-state index contributed by atoms with van der Waals surface area (Å²) in [5.74, 6) is 0. The highest BCUT2D eigenvalue weighted by atomic mass is 15.1. The van der Waals surface area contributed by atoms with Crippen LogP contribution in [-0.2, 0) is 0 Å². The summed E-state index contributed by atoms with van der Waals surface area (Å²) in [4.78, 5) is 2.18. The van der Waals surface area contributed by atoms with Gasteiger partial charge in [0, 0.05) is 30.2 Å². The van der Waals surface area contributed by atoms with E-state index in [-0.39, 0.29) is 5.54 Å². The highest BCUT2D eigenvalue weighted by Gasteiger charge is 2.21. The standard InChI is InChI=1S/C8H20N2.C8H17N/c1-8(2,3)9-6-7-10(4)5;1-8(2,3)9-7-5-4-6-7/h9H,6-7H2,1-5H3;7,9H,4-6H2,1-3H3. The van der Waals surface area contributed by atoms with Gasteiger partial charge in [-0.3, -0.25) is 0 Å². The Balaban J connectivity index is 0.000000342. The first-order chi connectivity index (χ1) is 8.49. The van der Waals surface area contributed by atoms with Gasteiger partial charge in [-0.15, -0.1) is 0 Å². The number of rotatable bonds is 4. The van der Waals surface area contributed by atoms with Crippen molar-refractivity contribution in [2.75, 3.05) is 27.2 Å². The van der Waals surface area contributed by atoms with Gasteiger partial charge >= 0.3 is 0 Å². The third-order valence-corrected chi connectivity index (χ3v) is 2.96. The van der Waals surface area contributed by atoms with Crippen molar-refractivity contribution in [3.05, 3.63) is 0 Å². The minimum atomic E-state index is 0.260. The molecule has 0 bridgehead atoms. The van der Waals surface area contributed by atoms with Gasteiger partial charge in [0.05, 0.1) is 0 Å². The molecule has 0 aromatic heterocycles. The van der Waals surface area contributed by atoms with Crippen molar-refractivity contribution in [3.63, 3.8) is 0 Å². The zero-order valence-electron chi connectivity index (χ0n) is 14.6. The summed E-state index contributed by atoms with van der Waals surface area (Å²) in [5, 5.41) is 6.97. The van der Waals surface area contributed by atoms with Crippen molar-refractivity contribution >= 4 is 0 Å². The van der Waals surface area contributed by atoms with E-state index in [0.29, 0.717) is 5.54 Å². The molecule has 0 amide bonds. The fraction of sp³-hybridized carbons (Fsp3) is 1.00. The lowest BCUT2D eigenvalue weighted by atomic mass is 9.91. The van der Waals surface area contributed by atoms with Crippen LogP contribution in [0.1, 0.15) is 60.8 Å². The molecule has 1 saturated carbocycles. The Morgan fingerprint density at radius 3 is 1.68 bits per heavy atom. The molecule has 0 radical (unpaired) electrons. The second-order valence-corrected chi connectivity index (χ2v) is 8.00. The first kappa shape index (κ1) is 18.9. The van der Waals surface area contributed by atoms with E-state index in [9.17, 15) is 0 Å². The van der Waals surface area contributed by atoms with Crippen LogP contribution < -0.4 is 10.6 Å². The Bertz CT molecular complexity index is 219. The molecule has 0 spiro atoms. The van der Waals surface area contributed by atoms with Crippen LogP contribution in [0, 0.1) is 0 Å². The maximum absolute atomic E-state index is 3.56. The predicted molar refractivity (Wildman–Crippen MR) is 86.8 cm³/mol. The molecular weight excluding hydrogens is 234 g/mol. The van der Waals surface area contributed by atoms with Gasteiger partial charge in [0.15, 0.2) is 0 Å². The molecule has 0 saturated heterocycles. The topological polar surface area (TPSA) is 27.3 Å². The summed E-state index contributed by atoms with van der Waals surface area (Å²) in [6.07, 6.45) is 4.20. The van der Waals surface area contributed by atoms with E-state index >= 15 is 0 Å². The smallest absolute Gasteiger partial charge is 0.0101 e. The van der Waals surface area contributed by atoms with E-state index in [0.717, 1.165) is 19.1 Å². The van der Waals surface area contributed by atoms with Crippen LogP contribution in [0.5, 0.6) is 0 Å². The molecule has 0 aliphatic heterocycles. The SMILES string of the molecule is CC(C)(C)NC1CCC1.CN(C)CCNC(C)(C)C. The molecule has 1 aliphatic carbocycles. The second kappa shape index (κ2) is 8.23. The van der Waals surface area contributed by atoms with Gasteiger partial charge < -0.3 is 15.5 Å². The fourth-order valence-electron chi connectivity index (χ4n) is 1.82. The Morgan fingerprint density at radius 2 is 1.47 bits per heavy atom. The molecule has 1 rings (SSSR count). The molecule has 3 nitrogen and oxygen atoms in total. The van der Waals surface area contributed by atoms with Gasteiger partial charge in [0.1, 0.15) is 0 Å². The zero-order valence-corrected chi connectivity index (χ0v) is 14.6. The van der Waals surface area contributed by atoms with Crippen molar-refractivity contribution in [1.29, 1.82) is 0 Å². The molecule has 3 heteroatoms. The van der Waals surface area contributed by atoms with Crippen LogP contribution >= 0.6 is 0 Å². The quantitative estimate of drug-likeness (QED) is 0.823. The third kappa shape index (κ3) is 14.1. The molecule has 1 fully saturated rings. The molecule has 19 heavy (non-hydrogen) atoms. The Kier molecular flexibility index (Phi) is 8.18. The van der Waals surface area contributed by atoms with Crippen molar-refractivity contribution in [2.45, 2.75) is 77.9 Å². The predicted octanol–water partition coefficient (Wildman–Crippen LogP) is 2.86. The summed E-state index contributed by atoms with van der Waals surface area (Å²) in [6, 6.07) is 0.824. The summed E-state index contributed by atoms with van der Waals surface area (Å²) in [7, 11) is 4.18. The van der Waals surface area contributed by atoms with Crippen molar-refractivity contribution in [3.8, 4) is 0 Å². The minimum Gasteiger partial charge on any atom is -0.311 e. The van der Waals surface area contributed by atoms with Crippen molar-refractivity contribution in [1.82, 2.24) is 15.5 Å². The van der Waals surface area contributed by atoms with Crippen LogP contribution in [0.4, 0.5) is 0 Å². The van der Waals surface area contributed by atoms with Crippen molar-refractivity contribution in [2.24, 2.45) is 0 Å². The number of nitrogens with zero attached hydrogens (tertiary/aromatic N) is 1. The van der Waals surface area contributed by atoms with E-state index < -0.39 is 0 Å². The molecule has 0 unspecified atom stereocenters. The largest absolute Gasteiger partial charge is 0.311 e. The van der Waals surface area contributed by atoms with Gasteiger partial charge in [-0.05, 0) is 68.5 Å². The van der Waals surface area contributed by atoms with E-state index in [1.165, 1.54) is 19.3 Å². The fourth-order valence-corrected chi connectivity index (χ4v) is 1.82. The lowest BCUT2D eigenvalue weighted by Crippen LogP contribution is -2.46. The van der Waals surface area contributed by atoms with E-state index in [4.69, 9.17) is 0 Å². The summed E-state index contributed by atoms with van der Waals surface area (Å²) >= 11 is 0. The first-order valence-electron chi connectivity index (χ1n) is 7.67. The minimum absolute atomic E-state index is 0.260. The van der Waals surface area contributed by atoms with Gasteiger partial charge in [-0.1, -0.05) is 6.42 Å². The second-order valence-electron chi connectivity index (χ2n) is 8.00. The van der Waals surface area contributed by atoms with Crippen LogP contribution in [-0.4, -0.2) is 49.2 Å². The summed E-state index contributed by atoms with van der Waals surface area (Å²) in [5.41, 5.74) is 0.584. The number of nitrogens with one attached hydrogen (secondary N) is 2. The van der Waals surface area contributed by atoms with Crippen LogP contribution in [0.2, 0.25) is 0 Å². The van der Waals surface area contributed by atoms with Crippen LogP contribution in [0.3, 0.4) is 0 Å². The molecular formula is C16H37N3. The molecule has 116 valence electrons. The van der Waals surface area contributed by atoms with E-state index in [1.807, 2.05) is 0 Å². The van der Waals surface area contributed by atoms with Gasteiger partial charge in [-0.2, -0.15) is 0 Å². The maximum atomic E-state index is 3.56. The summed E-state index contributed by atoms with van der Waals surface area (Å²) in [6.45, 7) is 15.4. The number of hydrogen-bond acceptors (Lipinski definition) is 3. The Morgan fingerprint density at radius 1 is 0.947 bits per heavy atom. The lowest BCUT2D eigenvalue weighted by Gasteiger charge is -2.34. The normalized spacial score (nSPS) is 16.9. The first-order valence-corrected chi connectivity index (χ1v) is 7.67.